The van der Waals surface area contributed by atoms with Crippen LogP contribution in [0.3, 0.4) is 0 Å². The molecule has 5 heteroatoms. The van der Waals surface area contributed by atoms with Gasteiger partial charge in [-0.05, 0) is 135 Å². The van der Waals surface area contributed by atoms with Crippen LogP contribution < -0.4 is 0 Å². The maximum absolute atomic E-state index is 6.42. The van der Waals surface area contributed by atoms with E-state index in [1.807, 2.05) is 0 Å². The molecule has 0 aliphatic rings. The summed E-state index contributed by atoms with van der Waals surface area (Å²) in [6.07, 6.45) is 9.57. The highest BCUT2D eigenvalue weighted by molar-refractivity contribution is 6.72. The monoisotopic (exact) mass is 499 g/mol. The summed E-state index contributed by atoms with van der Waals surface area (Å²) in [4.78, 5) is 7.84. The third kappa shape index (κ3) is 14.0. The van der Waals surface area contributed by atoms with Crippen LogP contribution in [-0.4, -0.2) is 88.5 Å². The number of hydrogen-bond donors (Lipinski definition) is 0. The van der Waals surface area contributed by atoms with Crippen molar-refractivity contribution in [2.45, 2.75) is 119 Å². The average Bonchev–Trinajstić information content (AvgIpc) is 2.86. The van der Waals surface area contributed by atoms with Gasteiger partial charge in [0.2, 0.25) is 0 Å². The summed E-state index contributed by atoms with van der Waals surface area (Å²) in [5.41, 5.74) is 0.480. The maximum Gasteiger partial charge on any atom is 0.189 e. The minimum Gasteiger partial charge on any atom is -0.417 e. The van der Waals surface area contributed by atoms with Crippen molar-refractivity contribution in [2.75, 3.05) is 65.5 Å². The first-order valence-electron chi connectivity index (χ1n) is 15.1. The molecule has 0 amide bonds. The van der Waals surface area contributed by atoms with Gasteiger partial charge in [0.05, 0.1) is 0 Å². The fourth-order valence-corrected chi connectivity index (χ4v) is 8.09. The second-order valence-corrected chi connectivity index (χ2v) is 15.0. The lowest BCUT2D eigenvalue weighted by atomic mass is 9.73. The van der Waals surface area contributed by atoms with E-state index in [1.165, 1.54) is 116 Å². The van der Waals surface area contributed by atoms with Gasteiger partial charge in [0, 0.05) is 6.61 Å². The molecule has 1 unspecified atom stereocenters. The standard InChI is InChI=1S/C29H65N3OSi/c1-10-30(11-2)25-18-21-29(22-19-26-31(12-3)13-4,23-20-27-32(14-5)15-6)24-28-34(9,17-8)33-16-7/h10-28H2,1-9H3. The van der Waals surface area contributed by atoms with Gasteiger partial charge in [-0.25, -0.2) is 0 Å². The van der Waals surface area contributed by atoms with Crippen LogP contribution in [0, 0.1) is 5.41 Å². The van der Waals surface area contributed by atoms with Crippen molar-refractivity contribution in [1.29, 1.82) is 0 Å². The highest BCUT2D eigenvalue weighted by Crippen LogP contribution is 2.42. The predicted molar refractivity (Wildman–Crippen MR) is 157 cm³/mol. The normalized spacial score (nSPS) is 14.5. The zero-order valence-electron chi connectivity index (χ0n) is 25.2. The molecule has 0 N–H and O–H groups in total. The second-order valence-electron chi connectivity index (χ2n) is 10.6. The van der Waals surface area contributed by atoms with E-state index in [0.717, 1.165) is 6.61 Å². The van der Waals surface area contributed by atoms with Gasteiger partial charge in [0.1, 0.15) is 0 Å². The first kappa shape index (κ1) is 34.1. The van der Waals surface area contributed by atoms with E-state index in [1.54, 1.807) is 0 Å². The van der Waals surface area contributed by atoms with Crippen LogP contribution >= 0.6 is 0 Å². The maximum atomic E-state index is 6.42. The quantitative estimate of drug-likeness (QED) is 0.129. The van der Waals surface area contributed by atoms with Gasteiger partial charge in [-0.15, -0.1) is 0 Å². The first-order valence-corrected chi connectivity index (χ1v) is 17.9. The lowest BCUT2D eigenvalue weighted by Crippen LogP contribution is -2.37. The Kier molecular flexibility index (Phi) is 20.2. The summed E-state index contributed by atoms with van der Waals surface area (Å²) in [6.45, 7) is 32.6. The number of hydrogen-bond acceptors (Lipinski definition) is 4. The number of rotatable bonds is 24. The molecule has 0 aromatic carbocycles. The van der Waals surface area contributed by atoms with E-state index in [9.17, 15) is 0 Å². The van der Waals surface area contributed by atoms with Gasteiger partial charge < -0.3 is 19.1 Å². The third-order valence-electron chi connectivity index (χ3n) is 8.65. The minimum atomic E-state index is -1.59. The fraction of sp³-hybridized carbons (Fsp3) is 1.00. The molecule has 1 atom stereocenters. The van der Waals surface area contributed by atoms with E-state index in [-0.39, 0.29) is 0 Å². The molecule has 0 aliphatic heterocycles. The van der Waals surface area contributed by atoms with E-state index in [4.69, 9.17) is 4.43 Å². The first-order chi connectivity index (χ1) is 16.3. The van der Waals surface area contributed by atoms with Gasteiger partial charge in [-0.3, -0.25) is 0 Å². The third-order valence-corrected chi connectivity index (χ3v) is 12.4. The van der Waals surface area contributed by atoms with Gasteiger partial charge in [-0.1, -0.05) is 48.5 Å². The van der Waals surface area contributed by atoms with E-state index in [0.29, 0.717) is 5.41 Å². The molecule has 0 fully saturated rings. The van der Waals surface area contributed by atoms with Crippen LogP contribution in [0.5, 0.6) is 0 Å². The van der Waals surface area contributed by atoms with E-state index < -0.39 is 8.32 Å². The lowest BCUT2D eigenvalue weighted by molar-refractivity contribution is 0.155. The number of nitrogens with zero attached hydrogens (tertiary/aromatic N) is 3. The zero-order chi connectivity index (χ0) is 25.9. The van der Waals surface area contributed by atoms with Crippen LogP contribution in [0.2, 0.25) is 18.6 Å². The van der Waals surface area contributed by atoms with Crippen molar-refractivity contribution in [3.63, 3.8) is 0 Å². The Hall–Kier alpha value is 0.0569. The molecule has 0 aliphatic carbocycles. The summed E-state index contributed by atoms with van der Waals surface area (Å²) < 4.78 is 6.42. The Morgan fingerprint density at radius 2 is 0.912 bits per heavy atom. The van der Waals surface area contributed by atoms with Gasteiger partial charge in [-0.2, -0.15) is 0 Å². The highest BCUT2D eigenvalue weighted by atomic mass is 28.4. The lowest BCUT2D eigenvalue weighted by Gasteiger charge is -2.39. The Labute approximate surface area is 217 Å². The molecule has 4 nitrogen and oxygen atoms in total. The topological polar surface area (TPSA) is 19.0 Å². The van der Waals surface area contributed by atoms with E-state index in [2.05, 4.69) is 76.6 Å². The van der Waals surface area contributed by atoms with Crippen LogP contribution in [-0.2, 0) is 4.43 Å². The summed E-state index contributed by atoms with van der Waals surface area (Å²) in [5, 5.41) is 0. The zero-order valence-corrected chi connectivity index (χ0v) is 26.2. The largest absolute Gasteiger partial charge is 0.417 e. The van der Waals surface area contributed by atoms with E-state index >= 15 is 0 Å². The molecule has 0 spiro atoms. The molecule has 0 bridgehead atoms. The second kappa shape index (κ2) is 20.2. The molecule has 0 aromatic rings. The van der Waals surface area contributed by atoms with Crippen molar-refractivity contribution >= 4 is 8.32 Å². The summed E-state index contributed by atoms with van der Waals surface area (Å²) in [7, 11) is -1.59. The molecule has 34 heavy (non-hydrogen) atoms. The molecule has 0 aromatic heterocycles. The minimum absolute atomic E-state index is 0.480. The SMILES string of the molecule is CCO[Si](C)(CC)CCC(CCCN(CC)CC)(CCCN(CC)CC)CCCN(CC)CC. The Morgan fingerprint density at radius 1 is 0.559 bits per heavy atom. The highest BCUT2D eigenvalue weighted by Gasteiger charge is 2.34. The smallest absolute Gasteiger partial charge is 0.189 e. The van der Waals surface area contributed by atoms with Crippen molar-refractivity contribution in [3.05, 3.63) is 0 Å². The molecular weight excluding hydrogens is 434 g/mol. The van der Waals surface area contributed by atoms with Gasteiger partial charge >= 0.3 is 0 Å². The Bertz CT molecular complexity index is 407. The Balaban J connectivity index is 5.58. The summed E-state index contributed by atoms with van der Waals surface area (Å²) in [5.74, 6) is 0. The fourth-order valence-electron chi connectivity index (χ4n) is 5.63. The van der Waals surface area contributed by atoms with Crippen LogP contribution in [0.25, 0.3) is 0 Å². The van der Waals surface area contributed by atoms with Crippen LogP contribution in [0.1, 0.15) is 100 Å². The molecule has 0 heterocycles. The van der Waals surface area contributed by atoms with Crippen molar-refractivity contribution in [3.8, 4) is 0 Å². The molecule has 0 rings (SSSR count). The predicted octanol–water partition coefficient (Wildman–Crippen LogP) is 7.36. The molecule has 0 saturated carbocycles. The van der Waals surface area contributed by atoms with Crippen molar-refractivity contribution < 1.29 is 4.43 Å². The van der Waals surface area contributed by atoms with Crippen molar-refractivity contribution in [1.82, 2.24) is 14.7 Å². The van der Waals surface area contributed by atoms with Gasteiger partial charge in [0.25, 0.3) is 0 Å². The molecule has 206 valence electrons. The van der Waals surface area contributed by atoms with Crippen molar-refractivity contribution in [2.24, 2.45) is 5.41 Å². The summed E-state index contributed by atoms with van der Waals surface area (Å²) >= 11 is 0. The Morgan fingerprint density at radius 3 is 1.18 bits per heavy atom. The van der Waals surface area contributed by atoms with Gasteiger partial charge in [0.15, 0.2) is 8.32 Å². The molecule has 0 saturated heterocycles. The molecular formula is C29H65N3OSi. The molecule has 0 radical (unpaired) electrons. The van der Waals surface area contributed by atoms with Crippen LogP contribution in [0.4, 0.5) is 0 Å². The summed E-state index contributed by atoms with van der Waals surface area (Å²) in [6, 6.07) is 2.58. The average molecular weight is 500 g/mol. The van der Waals surface area contributed by atoms with Crippen LogP contribution in [0.15, 0.2) is 0 Å².